The maximum atomic E-state index is 13.7. The molecular weight excluding hydrogens is 494 g/mol. The van der Waals surface area contributed by atoms with Crippen LogP contribution < -0.4 is 15.4 Å². The topological polar surface area (TPSA) is 97.0 Å². The van der Waals surface area contributed by atoms with Crippen molar-refractivity contribution in [1.29, 1.82) is 0 Å². The normalized spacial score (nSPS) is 26.0. The first kappa shape index (κ1) is 29.5. The first-order valence-corrected chi connectivity index (χ1v) is 15.0. The Kier molecular flexibility index (Phi) is 10.8. The number of fused-ring (bicyclic) bond motifs is 2. The molecule has 0 spiro atoms. The number of hydrogen-bond acceptors (Lipinski definition) is 6. The maximum Gasteiger partial charge on any atom is 0.242 e. The van der Waals surface area contributed by atoms with Crippen LogP contribution in [0.15, 0.2) is 24.3 Å². The first-order chi connectivity index (χ1) is 18.8. The first-order valence-electron chi connectivity index (χ1n) is 15.0. The van der Waals surface area contributed by atoms with Crippen LogP contribution >= 0.6 is 0 Å². The molecule has 2 amide bonds. The van der Waals surface area contributed by atoms with Crippen LogP contribution in [0.3, 0.4) is 0 Å². The van der Waals surface area contributed by atoms with E-state index in [1.165, 1.54) is 0 Å². The molecule has 8 nitrogen and oxygen atoms in total. The number of ketones is 1. The average molecular weight is 542 g/mol. The Hall–Kier alpha value is -2.45. The molecule has 8 heteroatoms. The molecule has 1 saturated carbocycles. The summed E-state index contributed by atoms with van der Waals surface area (Å²) in [5, 5.41) is 6.25. The number of rotatable bonds is 5. The third-order valence-corrected chi connectivity index (χ3v) is 8.49. The molecule has 1 saturated heterocycles. The van der Waals surface area contributed by atoms with Gasteiger partial charge in [-0.3, -0.25) is 19.3 Å². The molecule has 3 aliphatic rings. The van der Waals surface area contributed by atoms with E-state index >= 15 is 0 Å². The van der Waals surface area contributed by atoms with E-state index in [0.717, 1.165) is 69.5 Å². The van der Waals surface area contributed by atoms with Crippen molar-refractivity contribution >= 4 is 17.6 Å². The average Bonchev–Trinajstić information content (AvgIpc) is 3.43. The summed E-state index contributed by atoms with van der Waals surface area (Å²) in [6, 6.07) is 7.54. The van der Waals surface area contributed by atoms with Gasteiger partial charge in [0.15, 0.2) is 0 Å². The highest BCUT2D eigenvalue weighted by molar-refractivity contribution is 5.92. The SMILES string of the molecule is CC1(C)Cc2cccc(c2)OCCCC[C@@H](C(=O)NC2CCCC2)NC(=O)[C@H](CCN2CCOCC2)CC1=O. The van der Waals surface area contributed by atoms with Crippen LogP contribution in [0.5, 0.6) is 5.75 Å². The summed E-state index contributed by atoms with van der Waals surface area (Å²) >= 11 is 0. The number of hydrogen-bond donors (Lipinski definition) is 2. The summed E-state index contributed by atoms with van der Waals surface area (Å²) in [4.78, 5) is 43.0. The predicted molar refractivity (Wildman–Crippen MR) is 151 cm³/mol. The van der Waals surface area contributed by atoms with Gasteiger partial charge in [-0.2, -0.15) is 0 Å². The molecule has 2 atom stereocenters. The summed E-state index contributed by atoms with van der Waals surface area (Å²) in [5.74, 6) is 0.0851. The lowest BCUT2D eigenvalue weighted by atomic mass is 9.77. The molecule has 2 aliphatic heterocycles. The third kappa shape index (κ3) is 9.04. The van der Waals surface area contributed by atoms with Gasteiger partial charge in [0.05, 0.1) is 19.8 Å². The fraction of sp³-hybridized carbons (Fsp3) is 0.710. The van der Waals surface area contributed by atoms with E-state index in [1.54, 1.807) is 0 Å². The monoisotopic (exact) mass is 541 g/mol. The summed E-state index contributed by atoms with van der Waals surface area (Å²) < 4.78 is 11.5. The molecule has 4 rings (SSSR count). The standard InChI is InChI=1S/C31H47N3O5/c1-31(2)22-23-8-7-11-26(20-23)39-17-6-5-12-27(30(37)32-25-9-3-4-10-25)33-29(36)24(21-28(31)35)13-14-34-15-18-38-19-16-34/h7-8,11,20,24-25,27H,3-6,9-10,12-19,21-22H2,1-2H3,(H,32,37)(H,33,36)/t24-,27+/m1/s1. The van der Waals surface area contributed by atoms with Gasteiger partial charge >= 0.3 is 0 Å². The Morgan fingerprint density at radius 2 is 1.79 bits per heavy atom. The summed E-state index contributed by atoms with van der Waals surface area (Å²) in [6.45, 7) is 8.23. The summed E-state index contributed by atoms with van der Waals surface area (Å²) in [6.07, 6.45) is 7.64. The Balaban J connectivity index is 1.52. The Morgan fingerprint density at radius 1 is 1.05 bits per heavy atom. The van der Waals surface area contributed by atoms with Gasteiger partial charge in [0.2, 0.25) is 11.8 Å². The number of benzene rings is 1. The van der Waals surface area contributed by atoms with Crippen molar-refractivity contribution < 1.29 is 23.9 Å². The van der Waals surface area contributed by atoms with Gasteiger partial charge in [0.25, 0.3) is 0 Å². The molecule has 0 aromatic heterocycles. The zero-order valence-corrected chi connectivity index (χ0v) is 23.8. The lowest BCUT2D eigenvalue weighted by Gasteiger charge is -2.30. The van der Waals surface area contributed by atoms with Crippen LogP contribution in [0.2, 0.25) is 0 Å². The zero-order valence-electron chi connectivity index (χ0n) is 23.8. The second-order valence-corrected chi connectivity index (χ2v) is 12.2. The minimum Gasteiger partial charge on any atom is -0.494 e. The number of morpholine rings is 1. The van der Waals surface area contributed by atoms with Crippen molar-refractivity contribution in [2.24, 2.45) is 11.3 Å². The molecule has 0 radical (unpaired) electrons. The van der Waals surface area contributed by atoms with Crippen molar-refractivity contribution in [3.8, 4) is 5.75 Å². The van der Waals surface area contributed by atoms with E-state index in [4.69, 9.17) is 9.47 Å². The van der Waals surface area contributed by atoms with E-state index in [0.29, 0.717) is 39.1 Å². The largest absolute Gasteiger partial charge is 0.494 e. The van der Waals surface area contributed by atoms with E-state index in [9.17, 15) is 14.4 Å². The molecule has 2 fully saturated rings. The highest BCUT2D eigenvalue weighted by Crippen LogP contribution is 2.29. The fourth-order valence-electron chi connectivity index (χ4n) is 5.91. The van der Waals surface area contributed by atoms with Gasteiger partial charge in [-0.05, 0) is 69.2 Å². The van der Waals surface area contributed by atoms with Gasteiger partial charge in [0.1, 0.15) is 17.6 Å². The minimum absolute atomic E-state index is 0.0648. The van der Waals surface area contributed by atoms with Crippen molar-refractivity contribution in [3.63, 3.8) is 0 Å². The number of carbonyl (C=O) groups is 3. The molecule has 2 bridgehead atoms. The number of nitrogens with one attached hydrogen (secondary N) is 2. The van der Waals surface area contributed by atoms with Gasteiger partial charge in [-0.1, -0.05) is 38.8 Å². The van der Waals surface area contributed by atoms with Crippen LogP contribution in [0.1, 0.15) is 77.2 Å². The highest BCUT2D eigenvalue weighted by atomic mass is 16.5. The third-order valence-electron chi connectivity index (χ3n) is 8.49. The molecule has 216 valence electrons. The molecule has 2 heterocycles. The van der Waals surface area contributed by atoms with Gasteiger partial charge in [0, 0.05) is 36.9 Å². The zero-order chi connectivity index (χ0) is 27.7. The van der Waals surface area contributed by atoms with Crippen molar-refractivity contribution in [2.75, 3.05) is 39.5 Å². The minimum atomic E-state index is -0.633. The second kappa shape index (κ2) is 14.3. The number of ether oxygens (including phenoxy) is 2. The molecule has 1 aliphatic carbocycles. The van der Waals surface area contributed by atoms with Crippen molar-refractivity contribution in [2.45, 2.75) is 90.1 Å². The molecule has 0 unspecified atom stereocenters. The van der Waals surface area contributed by atoms with Crippen LogP contribution in [0, 0.1) is 11.3 Å². The van der Waals surface area contributed by atoms with Crippen molar-refractivity contribution in [3.05, 3.63) is 29.8 Å². The second-order valence-electron chi connectivity index (χ2n) is 12.2. The van der Waals surface area contributed by atoms with Crippen LogP contribution in [-0.4, -0.2) is 74.0 Å². The van der Waals surface area contributed by atoms with Crippen molar-refractivity contribution in [1.82, 2.24) is 15.5 Å². The van der Waals surface area contributed by atoms with Crippen LogP contribution in [0.25, 0.3) is 0 Å². The molecule has 39 heavy (non-hydrogen) atoms. The number of amides is 2. The van der Waals surface area contributed by atoms with Gasteiger partial charge in [-0.15, -0.1) is 0 Å². The number of nitrogens with zero attached hydrogens (tertiary/aromatic N) is 1. The number of Topliss-reactive ketones (excluding diaryl/α,β-unsaturated/α-hetero) is 1. The van der Waals surface area contributed by atoms with Crippen LogP contribution in [0.4, 0.5) is 0 Å². The predicted octanol–water partition coefficient (Wildman–Crippen LogP) is 3.66. The Morgan fingerprint density at radius 3 is 2.56 bits per heavy atom. The Labute approximate surface area is 233 Å². The highest BCUT2D eigenvalue weighted by Gasteiger charge is 2.34. The maximum absolute atomic E-state index is 13.7. The molecule has 1 aromatic carbocycles. The lowest BCUT2D eigenvalue weighted by Crippen LogP contribution is -2.51. The smallest absolute Gasteiger partial charge is 0.242 e. The lowest BCUT2D eigenvalue weighted by molar-refractivity contribution is -0.135. The molecule has 1 aromatic rings. The van der Waals surface area contributed by atoms with Gasteiger partial charge < -0.3 is 20.1 Å². The number of carbonyl (C=O) groups excluding carboxylic acids is 3. The van der Waals surface area contributed by atoms with E-state index in [1.807, 2.05) is 38.1 Å². The van der Waals surface area contributed by atoms with E-state index < -0.39 is 17.4 Å². The van der Waals surface area contributed by atoms with E-state index in [2.05, 4.69) is 15.5 Å². The molecule has 2 N–H and O–H groups in total. The van der Waals surface area contributed by atoms with E-state index in [-0.39, 0.29) is 30.1 Å². The summed E-state index contributed by atoms with van der Waals surface area (Å²) in [7, 11) is 0. The quantitative estimate of drug-likeness (QED) is 0.591. The molecular formula is C31H47N3O5. The van der Waals surface area contributed by atoms with Crippen LogP contribution in [-0.2, 0) is 25.5 Å². The fourth-order valence-corrected chi connectivity index (χ4v) is 5.91. The summed E-state index contributed by atoms with van der Waals surface area (Å²) in [5.41, 5.74) is 0.419. The Bertz CT molecular complexity index is 969. The van der Waals surface area contributed by atoms with Gasteiger partial charge in [-0.25, -0.2) is 0 Å².